The van der Waals surface area contributed by atoms with Gasteiger partial charge >= 0.3 is 0 Å². The summed E-state index contributed by atoms with van der Waals surface area (Å²) < 4.78 is 0. The van der Waals surface area contributed by atoms with Gasteiger partial charge in [0.1, 0.15) is 0 Å². The predicted octanol–water partition coefficient (Wildman–Crippen LogP) is 4.39. The van der Waals surface area contributed by atoms with E-state index >= 15 is 0 Å². The quantitative estimate of drug-likeness (QED) is 0.409. The molecule has 0 atom stereocenters. The van der Waals surface area contributed by atoms with Crippen molar-refractivity contribution in [1.82, 2.24) is 0 Å². The van der Waals surface area contributed by atoms with Gasteiger partial charge in [0, 0.05) is 22.8 Å². The molecular weight excluding hydrogens is 240 g/mol. The van der Waals surface area contributed by atoms with Crippen LogP contribution in [-0.4, -0.2) is 17.4 Å². The summed E-state index contributed by atoms with van der Waals surface area (Å²) in [5.41, 5.74) is 0.797. The lowest BCUT2D eigenvalue weighted by atomic mass is 10.1. The van der Waals surface area contributed by atoms with Gasteiger partial charge in [-0.25, -0.2) is 0 Å². The van der Waals surface area contributed by atoms with Crippen molar-refractivity contribution in [1.29, 1.82) is 0 Å². The maximum absolute atomic E-state index is 11.7. The SMILES string of the molecule is CCCSc1ccc(C(=O)CCCCl)cc1. The fraction of sp³-hybridized carbons (Fsp3) is 0.462. The topological polar surface area (TPSA) is 17.1 Å². The molecule has 0 aliphatic rings. The van der Waals surface area contributed by atoms with Gasteiger partial charge in [0.15, 0.2) is 5.78 Å². The second kappa shape index (κ2) is 7.75. The number of carbonyl (C=O) groups excluding carboxylic acids is 1. The minimum atomic E-state index is 0.188. The van der Waals surface area contributed by atoms with E-state index in [0.29, 0.717) is 12.3 Å². The fourth-order valence-electron chi connectivity index (χ4n) is 1.33. The zero-order chi connectivity index (χ0) is 11.8. The first-order chi connectivity index (χ1) is 7.77. The van der Waals surface area contributed by atoms with Crippen LogP contribution in [0.4, 0.5) is 0 Å². The third kappa shape index (κ3) is 4.58. The van der Waals surface area contributed by atoms with E-state index in [4.69, 9.17) is 11.6 Å². The molecule has 0 aromatic heterocycles. The molecule has 1 aromatic carbocycles. The van der Waals surface area contributed by atoms with E-state index in [-0.39, 0.29) is 5.78 Å². The Labute approximate surface area is 107 Å². The smallest absolute Gasteiger partial charge is 0.162 e. The van der Waals surface area contributed by atoms with Crippen molar-refractivity contribution < 1.29 is 4.79 Å². The number of Topliss-reactive ketones (excluding diaryl/α,β-unsaturated/α-hetero) is 1. The van der Waals surface area contributed by atoms with E-state index in [1.54, 1.807) is 0 Å². The molecule has 0 heterocycles. The Kier molecular flexibility index (Phi) is 6.58. The Bertz CT molecular complexity index is 321. The van der Waals surface area contributed by atoms with Crippen LogP contribution in [0, 0.1) is 0 Å². The standard InChI is InChI=1S/C13H17ClOS/c1-2-10-16-12-7-5-11(6-8-12)13(15)4-3-9-14/h5-8H,2-4,9-10H2,1H3. The second-order valence-electron chi connectivity index (χ2n) is 3.59. The summed E-state index contributed by atoms with van der Waals surface area (Å²) in [5, 5.41) is 0. The van der Waals surface area contributed by atoms with Crippen LogP contribution in [0.1, 0.15) is 36.5 Å². The molecule has 0 saturated carbocycles. The van der Waals surface area contributed by atoms with Crippen LogP contribution in [0.15, 0.2) is 29.2 Å². The number of rotatable bonds is 7. The van der Waals surface area contributed by atoms with Crippen molar-refractivity contribution in [2.75, 3.05) is 11.6 Å². The highest BCUT2D eigenvalue weighted by Gasteiger charge is 2.04. The molecular formula is C13H17ClOS. The highest BCUT2D eigenvalue weighted by Crippen LogP contribution is 2.19. The zero-order valence-electron chi connectivity index (χ0n) is 9.54. The molecule has 0 fully saturated rings. The zero-order valence-corrected chi connectivity index (χ0v) is 11.1. The first kappa shape index (κ1) is 13.6. The molecule has 0 spiro atoms. The normalized spacial score (nSPS) is 10.4. The van der Waals surface area contributed by atoms with E-state index in [1.807, 2.05) is 36.0 Å². The summed E-state index contributed by atoms with van der Waals surface area (Å²) >= 11 is 7.39. The lowest BCUT2D eigenvalue weighted by Crippen LogP contribution is -1.98. The summed E-state index contributed by atoms with van der Waals surface area (Å²) in [6.07, 6.45) is 2.47. The van der Waals surface area contributed by atoms with Crippen molar-refractivity contribution in [3.8, 4) is 0 Å². The van der Waals surface area contributed by atoms with Crippen molar-refractivity contribution in [2.24, 2.45) is 0 Å². The first-order valence-electron chi connectivity index (χ1n) is 5.60. The van der Waals surface area contributed by atoms with E-state index in [9.17, 15) is 4.79 Å². The molecule has 16 heavy (non-hydrogen) atoms. The van der Waals surface area contributed by atoms with E-state index in [2.05, 4.69) is 6.92 Å². The van der Waals surface area contributed by atoms with Gasteiger partial charge in [-0.05, 0) is 30.7 Å². The number of hydrogen-bond acceptors (Lipinski definition) is 2. The van der Waals surface area contributed by atoms with Gasteiger partial charge in [-0.15, -0.1) is 23.4 Å². The number of halogens is 1. The molecule has 1 nitrogen and oxygen atoms in total. The van der Waals surface area contributed by atoms with E-state index < -0.39 is 0 Å². The average Bonchev–Trinajstić information content (AvgIpc) is 2.34. The maximum Gasteiger partial charge on any atom is 0.162 e. The number of thioether (sulfide) groups is 1. The van der Waals surface area contributed by atoms with Gasteiger partial charge in [-0.2, -0.15) is 0 Å². The van der Waals surface area contributed by atoms with Crippen LogP contribution in [-0.2, 0) is 0 Å². The number of alkyl halides is 1. The number of carbonyl (C=O) groups is 1. The van der Waals surface area contributed by atoms with Crippen LogP contribution in [0.3, 0.4) is 0 Å². The van der Waals surface area contributed by atoms with Crippen LogP contribution < -0.4 is 0 Å². The average molecular weight is 257 g/mol. The molecule has 0 bridgehead atoms. The second-order valence-corrected chi connectivity index (χ2v) is 5.13. The largest absolute Gasteiger partial charge is 0.294 e. The third-order valence-corrected chi connectivity index (χ3v) is 3.67. The first-order valence-corrected chi connectivity index (χ1v) is 7.12. The van der Waals surface area contributed by atoms with Crippen LogP contribution in [0.5, 0.6) is 0 Å². The lowest BCUT2D eigenvalue weighted by Gasteiger charge is -2.02. The molecule has 0 radical (unpaired) electrons. The summed E-state index contributed by atoms with van der Waals surface area (Å²) in [6, 6.07) is 7.87. The summed E-state index contributed by atoms with van der Waals surface area (Å²) in [5.74, 6) is 1.86. The molecule has 0 saturated heterocycles. The van der Waals surface area contributed by atoms with Crippen LogP contribution in [0.25, 0.3) is 0 Å². The Hall–Kier alpha value is -0.470. The van der Waals surface area contributed by atoms with Gasteiger partial charge in [0.25, 0.3) is 0 Å². The van der Waals surface area contributed by atoms with Gasteiger partial charge in [-0.1, -0.05) is 19.1 Å². The molecule has 0 aliphatic heterocycles. The Morgan fingerprint density at radius 3 is 2.56 bits per heavy atom. The molecule has 1 aromatic rings. The van der Waals surface area contributed by atoms with Crippen LogP contribution >= 0.6 is 23.4 Å². The molecule has 3 heteroatoms. The lowest BCUT2D eigenvalue weighted by molar-refractivity contribution is 0.0982. The van der Waals surface area contributed by atoms with Crippen molar-refractivity contribution in [3.05, 3.63) is 29.8 Å². The Balaban J connectivity index is 2.53. The van der Waals surface area contributed by atoms with Crippen LogP contribution in [0.2, 0.25) is 0 Å². The van der Waals surface area contributed by atoms with Gasteiger partial charge < -0.3 is 0 Å². The minimum absolute atomic E-state index is 0.188. The molecule has 88 valence electrons. The van der Waals surface area contributed by atoms with Crippen molar-refractivity contribution in [2.45, 2.75) is 31.1 Å². The maximum atomic E-state index is 11.7. The fourth-order valence-corrected chi connectivity index (χ4v) is 2.23. The highest BCUT2D eigenvalue weighted by molar-refractivity contribution is 7.99. The summed E-state index contributed by atoms with van der Waals surface area (Å²) in [6.45, 7) is 2.16. The third-order valence-electron chi connectivity index (χ3n) is 2.19. The number of benzene rings is 1. The summed E-state index contributed by atoms with van der Waals surface area (Å²) in [7, 11) is 0. The molecule has 0 unspecified atom stereocenters. The Morgan fingerprint density at radius 1 is 1.31 bits per heavy atom. The van der Waals surface area contributed by atoms with Crippen molar-refractivity contribution in [3.63, 3.8) is 0 Å². The minimum Gasteiger partial charge on any atom is -0.294 e. The highest BCUT2D eigenvalue weighted by atomic mass is 35.5. The van der Waals surface area contributed by atoms with E-state index in [0.717, 1.165) is 17.7 Å². The Morgan fingerprint density at radius 2 is 2.00 bits per heavy atom. The van der Waals surface area contributed by atoms with Gasteiger partial charge in [0.2, 0.25) is 0 Å². The van der Waals surface area contributed by atoms with Gasteiger partial charge in [0.05, 0.1) is 0 Å². The monoisotopic (exact) mass is 256 g/mol. The summed E-state index contributed by atoms with van der Waals surface area (Å²) in [4.78, 5) is 12.9. The van der Waals surface area contributed by atoms with E-state index in [1.165, 1.54) is 11.3 Å². The van der Waals surface area contributed by atoms with Gasteiger partial charge in [-0.3, -0.25) is 4.79 Å². The number of ketones is 1. The molecule has 0 aliphatic carbocycles. The molecule has 0 N–H and O–H groups in total. The number of hydrogen-bond donors (Lipinski definition) is 0. The predicted molar refractivity (Wildman–Crippen MR) is 71.7 cm³/mol. The molecule has 1 rings (SSSR count). The molecule has 0 amide bonds. The van der Waals surface area contributed by atoms with Crippen molar-refractivity contribution >= 4 is 29.1 Å².